The number of non-ortho nitro benzene ring substituents is 1. The largest absolute Gasteiger partial charge is 0.364 e. The van der Waals surface area contributed by atoms with Gasteiger partial charge in [-0.25, -0.2) is 0 Å². The van der Waals surface area contributed by atoms with Crippen molar-refractivity contribution in [1.82, 2.24) is 0 Å². The summed E-state index contributed by atoms with van der Waals surface area (Å²) < 4.78 is 25.0. The van der Waals surface area contributed by atoms with Crippen molar-refractivity contribution in [3.63, 3.8) is 0 Å². The molecular formula is C20H30NO6P. The summed E-state index contributed by atoms with van der Waals surface area (Å²) in [5.41, 5.74) is -0.349. The second-order valence-corrected chi connectivity index (χ2v) is 11.1. The molecule has 0 aliphatic heterocycles. The van der Waals surface area contributed by atoms with Crippen molar-refractivity contribution in [2.75, 3.05) is 13.2 Å². The Kier molecular flexibility index (Phi) is 7.89. The first-order valence-corrected chi connectivity index (χ1v) is 10.5. The molecule has 0 N–H and O–H groups in total. The summed E-state index contributed by atoms with van der Waals surface area (Å²) in [4.78, 5) is 22.8. The first kappa shape index (κ1) is 24.2. The number of allylic oxidation sites excluding steroid dienone is 1. The van der Waals surface area contributed by atoms with Gasteiger partial charge in [0.1, 0.15) is 5.31 Å². The number of hydrogen-bond donors (Lipinski definition) is 0. The minimum Gasteiger partial charge on any atom is -0.305 e. The number of carbonyl (C=O) groups excluding carboxylic acids is 1. The molecule has 0 saturated carbocycles. The van der Waals surface area contributed by atoms with Crippen LogP contribution in [0.25, 0.3) is 6.08 Å². The maximum atomic E-state index is 13.6. The summed E-state index contributed by atoms with van der Waals surface area (Å²) in [5, 5.41) is 10.9. The number of benzene rings is 1. The Hall–Kier alpha value is -1.82. The molecule has 1 rings (SSSR count). The molecule has 7 nitrogen and oxygen atoms in total. The first-order chi connectivity index (χ1) is 12.6. The van der Waals surface area contributed by atoms with Crippen molar-refractivity contribution in [2.45, 2.75) is 48.5 Å². The molecule has 0 aromatic heterocycles. The third kappa shape index (κ3) is 8.05. The van der Waals surface area contributed by atoms with Crippen molar-refractivity contribution in [3.8, 4) is 0 Å². The molecule has 0 aliphatic rings. The van der Waals surface area contributed by atoms with Crippen molar-refractivity contribution in [3.05, 3.63) is 45.3 Å². The van der Waals surface area contributed by atoms with Gasteiger partial charge in [0.05, 0.1) is 18.1 Å². The summed E-state index contributed by atoms with van der Waals surface area (Å²) in [7, 11) is -3.94. The fourth-order valence-electron chi connectivity index (χ4n) is 1.99. The van der Waals surface area contributed by atoms with E-state index in [9.17, 15) is 19.5 Å². The zero-order valence-electron chi connectivity index (χ0n) is 17.6. The van der Waals surface area contributed by atoms with Crippen molar-refractivity contribution in [2.24, 2.45) is 10.8 Å². The maximum Gasteiger partial charge on any atom is 0.364 e. The third-order valence-electron chi connectivity index (χ3n) is 3.38. The summed E-state index contributed by atoms with van der Waals surface area (Å²) >= 11 is 0. The molecular weight excluding hydrogens is 381 g/mol. The Morgan fingerprint density at radius 3 is 2.00 bits per heavy atom. The molecule has 0 atom stereocenters. The number of Topliss-reactive ketones (excluding diaryl/α,β-unsaturated/α-hetero) is 1. The lowest BCUT2D eigenvalue weighted by Gasteiger charge is -2.27. The normalized spacial score (nSPS) is 13.5. The number of rotatable bonds is 8. The highest BCUT2D eigenvalue weighted by molar-refractivity contribution is 7.60. The molecule has 0 fully saturated rings. The van der Waals surface area contributed by atoms with Crippen LogP contribution in [0.2, 0.25) is 0 Å². The molecule has 1 aromatic carbocycles. The lowest BCUT2D eigenvalue weighted by atomic mass is 9.99. The average Bonchev–Trinajstić information content (AvgIpc) is 2.55. The smallest absolute Gasteiger partial charge is 0.305 e. The average molecular weight is 411 g/mol. The van der Waals surface area contributed by atoms with Gasteiger partial charge in [-0.2, -0.15) is 0 Å². The van der Waals surface area contributed by atoms with E-state index in [0.717, 1.165) is 0 Å². The predicted octanol–water partition coefficient (Wildman–Crippen LogP) is 5.84. The second-order valence-electron chi connectivity index (χ2n) is 9.10. The third-order valence-corrected chi connectivity index (χ3v) is 5.35. The minimum atomic E-state index is -3.94. The molecule has 0 spiro atoms. The topological polar surface area (TPSA) is 95.7 Å². The lowest BCUT2D eigenvalue weighted by molar-refractivity contribution is -0.384. The van der Waals surface area contributed by atoms with E-state index in [1.807, 2.05) is 41.5 Å². The number of ketones is 1. The standard InChI is InChI=1S/C20H30NO6P/c1-15(22)18(12-16-9-8-10-17(11-16)21(23)24)28(25,26-13-19(2,3)4)27-14-20(5,6)7/h8-12H,13-14H2,1-7H3. The van der Waals surface area contributed by atoms with E-state index >= 15 is 0 Å². The Balaban J connectivity index is 3.41. The lowest BCUT2D eigenvalue weighted by Crippen LogP contribution is -2.19. The van der Waals surface area contributed by atoms with Crippen LogP contribution in [0.1, 0.15) is 54.0 Å². The van der Waals surface area contributed by atoms with Crippen LogP contribution >= 0.6 is 7.60 Å². The van der Waals surface area contributed by atoms with E-state index in [-0.39, 0.29) is 35.0 Å². The zero-order chi connectivity index (χ0) is 21.8. The summed E-state index contributed by atoms with van der Waals surface area (Å²) in [6.45, 7) is 13.0. The molecule has 0 amide bonds. The minimum absolute atomic E-state index is 0.119. The van der Waals surface area contributed by atoms with Crippen LogP contribution in [0, 0.1) is 20.9 Å². The van der Waals surface area contributed by atoms with Crippen LogP contribution in [0.5, 0.6) is 0 Å². The van der Waals surface area contributed by atoms with Gasteiger partial charge in [0, 0.05) is 12.1 Å². The number of nitrogens with zero attached hydrogens (tertiary/aromatic N) is 1. The summed E-state index contributed by atoms with van der Waals surface area (Å²) in [6, 6.07) is 5.74. The molecule has 28 heavy (non-hydrogen) atoms. The first-order valence-electron chi connectivity index (χ1n) is 9.00. The van der Waals surface area contributed by atoms with Crippen molar-refractivity contribution < 1.29 is 23.3 Å². The maximum absolute atomic E-state index is 13.6. The van der Waals surface area contributed by atoms with Crippen LogP contribution in [0.15, 0.2) is 29.6 Å². The fourth-order valence-corrected chi connectivity index (χ4v) is 4.15. The van der Waals surface area contributed by atoms with Crippen LogP contribution in [-0.2, 0) is 18.4 Å². The molecule has 156 valence electrons. The summed E-state index contributed by atoms with van der Waals surface area (Å²) in [5.74, 6) is -0.474. The van der Waals surface area contributed by atoms with Gasteiger partial charge in [0.2, 0.25) is 0 Å². The Morgan fingerprint density at radius 1 is 1.11 bits per heavy atom. The van der Waals surface area contributed by atoms with Gasteiger partial charge >= 0.3 is 7.60 Å². The molecule has 0 aliphatic carbocycles. The number of hydrogen-bond acceptors (Lipinski definition) is 6. The molecule has 0 unspecified atom stereocenters. The monoisotopic (exact) mass is 411 g/mol. The van der Waals surface area contributed by atoms with Gasteiger partial charge in [-0.1, -0.05) is 53.7 Å². The van der Waals surface area contributed by atoms with E-state index in [1.165, 1.54) is 31.2 Å². The van der Waals surface area contributed by atoms with Gasteiger partial charge < -0.3 is 9.05 Å². The Morgan fingerprint density at radius 2 is 1.61 bits per heavy atom. The molecule has 0 saturated heterocycles. The van der Waals surface area contributed by atoms with E-state index in [1.54, 1.807) is 6.07 Å². The van der Waals surface area contributed by atoms with E-state index in [2.05, 4.69) is 0 Å². The highest BCUT2D eigenvalue weighted by Gasteiger charge is 2.36. The van der Waals surface area contributed by atoms with Gasteiger partial charge in [0.15, 0.2) is 5.78 Å². The molecule has 8 heteroatoms. The zero-order valence-corrected chi connectivity index (χ0v) is 18.5. The molecule has 0 bridgehead atoms. The molecule has 0 radical (unpaired) electrons. The molecule has 0 heterocycles. The highest BCUT2D eigenvalue weighted by atomic mass is 31.2. The van der Waals surface area contributed by atoms with Gasteiger partial charge in [-0.15, -0.1) is 0 Å². The number of carbonyl (C=O) groups is 1. The van der Waals surface area contributed by atoms with Gasteiger partial charge in [-0.3, -0.25) is 19.5 Å². The van der Waals surface area contributed by atoms with Crippen molar-refractivity contribution >= 4 is 25.1 Å². The molecule has 1 aromatic rings. The van der Waals surface area contributed by atoms with Crippen LogP contribution < -0.4 is 0 Å². The van der Waals surface area contributed by atoms with Crippen molar-refractivity contribution in [1.29, 1.82) is 0 Å². The van der Waals surface area contributed by atoms with Crippen LogP contribution in [0.4, 0.5) is 5.69 Å². The number of nitro groups is 1. The fraction of sp³-hybridized carbons (Fsp3) is 0.550. The Labute approximate surface area is 166 Å². The van der Waals surface area contributed by atoms with E-state index in [4.69, 9.17) is 9.05 Å². The van der Waals surface area contributed by atoms with E-state index < -0.39 is 18.3 Å². The predicted molar refractivity (Wildman–Crippen MR) is 110 cm³/mol. The quantitative estimate of drug-likeness (QED) is 0.231. The second kappa shape index (κ2) is 9.12. The SMILES string of the molecule is CC(=O)C(=Cc1cccc([N+](=O)[O-])c1)P(=O)(OCC(C)(C)C)OCC(C)(C)C. The van der Waals surface area contributed by atoms with Gasteiger partial charge in [0.25, 0.3) is 5.69 Å². The number of nitro benzene ring substituents is 1. The van der Waals surface area contributed by atoms with Gasteiger partial charge in [-0.05, 0) is 29.4 Å². The van der Waals surface area contributed by atoms with E-state index in [0.29, 0.717) is 5.56 Å². The highest BCUT2D eigenvalue weighted by Crippen LogP contribution is 2.58. The van der Waals surface area contributed by atoms with Crippen LogP contribution in [-0.4, -0.2) is 23.9 Å². The Bertz CT molecular complexity index is 780. The van der Waals surface area contributed by atoms with Crippen LogP contribution in [0.3, 0.4) is 0 Å². The summed E-state index contributed by atoms with van der Waals surface area (Å²) in [6.07, 6.45) is 1.35.